The van der Waals surface area contributed by atoms with Gasteiger partial charge in [-0.2, -0.15) is 0 Å². The number of aromatic nitrogens is 1. The van der Waals surface area contributed by atoms with Gasteiger partial charge in [0, 0.05) is 6.20 Å². The number of nitrogens with one attached hydrogen (secondary N) is 2. The van der Waals surface area contributed by atoms with Gasteiger partial charge in [0.2, 0.25) is 0 Å². The molecule has 2 rings (SSSR count). The second-order valence-corrected chi connectivity index (χ2v) is 4.51. The third-order valence-electron chi connectivity index (χ3n) is 3.21. The van der Waals surface area contributed by atoms with Crippen molar-refractivity contribution in [3.63, 3.8) is 0 Å². The molecule has 6 nitrogen and oxygen atoms in total. The van der Waals surface area contributed by atoms with Crippen LogP contribution in [0.4, 0.5) is 5.69 Å². The monoisotopic (exact) mass is 250 g/mol. The van der Waals surface area contributed by atoms with Gasteiger partial charge in [0.25, 0.3) is 5.91 Å². The Morgan fingerprint density at radius 2 is 2.22 bits per heavy atom. The zero-order valence-electron chi connectivity index (χ0n) is 10.1. The van der Waals surface area contributed by atoms with Gasteiger partial charge in [-0.15, -0.1) is 0 Å². The number of amides is 1. The molecule has 1 fully saturated rings. The van der Waals surface area contributed by atoms with Crippen molar-refractivity contribution in [2.24, 2.45) is 5.84 Å². The van der Waals surface area contributed by atoms with E-state index in [9.17, 15) is 9.90 Å². The Hall–Kier alpha value is -1.66. The minimum absolute atomic E-state index is 0.178. The van der Waals surface area contributed by atoms with Crippen LogP contribution in [0.1, 0.15) is 36.2 Å². The van der Waals surface area contributed by atoms with Crippen LogP contribution in [0.25, 0.3) is 0 Å². The fraction of sp³-hybridized carbons (Fsp3) is 0.500. The van der Waals surface area contributed by atoms with E-state index >= 15 is 0 Å². The lowest BCUT2D eigenvalue weighted by Gasteiger charge is -2.28. The van der Waals surface area contributed by atoms with Crippen LogP contribution < -0.4 is 16.6 Å². The summed E-state index contributed by atoms with van der Waals surface area (Å²) in [6, 6.07) is 3.07. The number of nitrogen functional groups attached to an aromatic ring is 1. The van der Waals surface area contributed by atoms with Crippen molar-refractivity contribution in [1.82, 2.24) is 10.3 Å². The number of pyridine rings is 1. The summed E-state index contributed by atoms with van der Waals surface area (Å²) in [5, 5.41) is 12.6. The number of nitrogens with two attached hydrogens (primary N) is 1. The van der Waals surface area contributed by atoms with Crippen molar-refractivity contribution in [1.29, 1.82) is 0 Å². The molecule has 18 heavy (non-hydrogen) atoms. The normalized spacial score (nSPS) is 23.4. The SMILES string of the molecule is NNc1ccnc(C(=O)NC2CCCCC2O)c1. The molecule has 2 unspecified atom stereocenters. The van der Waals surface area contributed by atoms with Crippen LogP contribution in [0.3, 0.4) is 0 Å². The van der Waals surface area contributed by atoms with E-state index in [1.165, 1.54) is 6.20 Å². The third kappa shape index (κ3) is 2.96. The van der Waals surface area contributed by atoms with Crippen molar-refractivity contribution < 1.29 is 9.90 Å². The minimum atomic E-state index is -0.460. The van der Waals surface area contributed by atoms with Crippen LogP contribution in [0.5, 0.6) is 0 Å². The highest BCUT2D eigenvalue weighted by molar-refractivity contribution is 5.93. The Balaban J connectivity index is 2.02. The summed E-state index contributed by atoms with van der Waals surface area (Å²) >= 11 is 0. The Labute approximate surface area is 106 Å². The van der Waals surface area contributed by atoms with Gasteiger partial charge in [0.05, 0.1) is 17.8 Å². The largest absolute Gasteiger partial charge is 0.391 e. The molecule has 0 aromatic carbocycles. The first-order valence-electron chi connectivity index (χ1n) is 6.12. The summed E-state index contributed by atoms with van der Waals surface area (Å²) in [4.78, 5) is 16.0. The molecule has 98 valence electrons. The highest BCUT2D eigenvalue weighted by atomic mass is 16.3. The van der Waals surface area contributed by atoms with E-state index in [0.717, 1.165) is 25.7 Å². The van der Waals surface area contributed by atoms with E-state index in [1.54, 1.807) is 12.1 Å². The van der Waals surface area contributed by atoms with Gasteiger partial charge >= 0.3 is 0 Å². The van der Waals surface area contributed by atoms with Gasteiger partial charge in [0.1, 0.15) is 5.69 Å². The number of aliphatic hydroxyl groups is 1. The van der Waals surface area contributed by atoms with Gasteiger partial charge in [-0.25, -0.2) is 0 Å². The van der Waals surface area contributed by atoms with E-state index in [0.29, 0.717) is 11.4 Å². The van der Waals surface area contributed by atoms with Crippen LogP contribution in [-0.4, -0.2) is 28.1 Å². The summed E-state index contributed by atoms with van der Waals surface area (Å²) < 4.78 is 0. The van der Waals surface area contributed by atoms with Crippen molar-refractivity contribution in [2.75, 3.05) is 5.43 Å². The average molecular weight is 250 g/mol. The molecule has 0 radical (unpaired) electrons. The number of hydrogen-bond acceptors (Lipinski definition) is 5. The van der Waals surface area contributed by atoms with E-state index in [4.69, 9.17) is 5.84 Å². The molecule has 0 saturated heterocycles. The Morgan fingerprint density at radius 1 is 1.44 bits per heavy atom. The van der Waals surface area contributed by atoms with E-state index in [1.807, 2.05) is 0 Å². The minimum Gasteiger partial charge on any atom is -0.391 e. The summed E-state index contributed by atoms with van der Waals surface area (Å²) in [6.45, 7) is 0. The molecule has 0 bridgehead atoms. The fourth-order valence-electron chi connectivity index (χ4n) is 2.17. The van der Waals surface area contributed by atoms with Gasteiger partial charge in [-0.3, -0.25) is 15.6 Å². The number of aliphatic hydroxyl groups excluding tert-OH is 1. The maximum atomic E-state index is 12.0. The molecule has 1 aromatic heterocycles. The van der Waals surface area contributed by atoms with Crippen LogP contribution >= 0.6 is 0 Å². The molecule has 0 spiro atoms. The summed E-state index contributed by atoms with van der Waals surface area (Å²) in [5.41, 5.74) is 3.38. The first kappa shape index (κ1) is 12.8. The maximum absolute atomic E-state index is 12.0. The predicted octanol–water partition coefficient (Wildman–Crippen LogP) is 0.400. The highest BCUT2D eigenvalue weighted by Crippen LogP contribution is 2.18. The quantitative estimate of drug-likeness (QED) is 0.459. The molecule has 1 heterocycles. The molecule has 1 saturated carbocycles. The zero-order chi connectivity index (χ0) is 13.0. The Morgan fingerprint density at radius 3 is 2.94 bits per heavy atom. The van der Waals surface area contributed by atoms with Crippen molar-refractivity contribution >= 4 is 11.6 Å². The molecular formula is C12H18N4O2. The third-order valence-corrected chi connectivity index (χ3v) is 3.21. The van der Waals surface area contributed by atoms with Crippen molar-refractivity contribution in [3.05, 3.63) is 24.0 Å². The lowest BCUT2D eigenvalue weighted by atomic mass is 9.92. The van der Waals surface area contributed by atoms with Crippen LogP contribution in [0.2, 0.25) is 0 Å². The molecule has 2 atom stereocenters. The number of carbonyl (C=O) groups excluding carboxylic acids is 1. The van der Waals surface area contributed by atoms with E-state index in [-0.39, 0.29) is 11.9 Å². The van der Waals surface area contributed by atoms with Crippen molar-refractivity contribution in [3.8, 4) is 0 Å². The van der Waals surface area contributed by atoms with Gasteiger partial charge in [-0.1, -0.05) is 12.8 Å². The lowest BCUT2D eigenvalue weighted by molar-refractivity contribution is 0.0714. The van der Waals surface area contributed by atoms with Crippen molar-refractivity contribution in [2.45, 2.75) is 37.8 Å². The first-order valence-corrected chi connectivity index (χ1v) is 6.12. The second kappa shape index (κ2) is 5.79. The molecular weight excluding hydrogens is 232 g/mol. The molecule has 5 N–H and O–H groups in total. The van der Waals surface area contributed by atoms with E-state index < -0.39 is 6.10 Å². The molecule has 1 aromatic rings. The predicted molar refractivity (Wildman–Crippen MR) is 67.8 cm³/mol. The molecule has 1 aliphatic rings. The van der Waals surface area contributed by atoms with Crippen LogP contribution in [0, 0.1) is 0 Å². The topological polar surface area (TPSA) is 100 Å². The number of nitrogens with zero attached hydrogens (tertiary/aromatic N) is 1. The number of hydrogen-bond donors (Lipinski definition) is 4. The smallest absolute Gasteiger partial charge is 0.270 e. The number of rotatable bonds is 3. The number of carbonyl (C=O) groups is 1. The summed E-state index contributed by atoms with van der Waals surface area (Å²) in [7, 11) is 0. The van der Waals surface area contributed by atoms with E-state index in [2.05, 4.69) is 15.7 Å². The molecule has 1 aliphatic carbocycles. The number of anilines is 1. The molecule has 0 aliphatic heterocycles. The lowest BCUT2D eigenvalue weighted by Crippen LogP contribution is -2.45. The van der Waals surface area contributed by atoms with Gasteiger partial charge < -0.3 is 15.8 Å². The standard InChI is InChI=1S/C12H18N4O2/c13-16-8-5-6-14-10(7-8)12(18)15-9-3-1-2-4-11(9)17/h5-7,9,11,17H,1-4,13H2,(H,14,16)(H,15,18). The van der Waals surface area contributed by atoms with Crippen LogP contribution in [0.15, 0.2) is 18.3 Å². The van der Waals surface area contributed by atoms with Gasteiger partial charge in [0.15, 0.2) is 0 Å². The summed E-state index contributed by atoms with van der Waals surface area (Å²) in [5.74, 6) is 5.00. The Bertz CT molecular complexity index is 424. The Kier molecular flexibility index (Phi) is 4.11. The maximum Gasteiger partial charge on any atom is 0.270 e. The van der Waals surface area contributed by atoms with Crippen LogP contribution in [-0.2, 0) is 0 Å². The molecule has 6 heteroatoms. The molecule has 1 amide bonds. The zero-order valence-corrected chi connectivity index (χ0v) is 10.1. The summed E-state index contributed by atoms with van der Waals surface area (Å²) in [6.07, 6.45) is 4.64. The average Bonchev–Trinajstić information content (AvgIpc) is 2.41. The van der Waals surface area contributed by atoms with Gasteiger partial charge in [-0.05, 0) is 25.0 Å². The fourth-order valence-corrected chi connectivity index (χ4v) is 2.17. The highest BCUT2D eigenvalue weighted by Gasteiger charge is 2.25. The number of hydrazine groups is 1. The second-order valence-electron chi connectivity index (χ2n) is 4.51. The first-order chi connectivity index (χ1) is 8.70.